The van der Waals surface area contributed by atoms with Crippen LogP contribution >= 0.6 is 0 Å². The number of nitrogens with one attached hydrogen (secondary N) is 1. The monoisotopic (exact) mass is 292 g/mol. The first kappa shape index (κ1) is 15.8. The third-order valence-corrected chi connectivity index (χ3v) is 3.70. The average molecular weight is 292 g/mol. The van der Waals surface area contributed by atoms with Crippen molar-refractivity contribution >= 4 is 5.78 Å². The lowest BCUT2D eigenvalue weighted by Gasteiger charge is -2.30. The van der Waals surface area contributed by atoms with Crippen molar-refractivity contribution in [3.05, 3.63) is 23.8 Å². The molecule has 1 aliphatic rings. The molecule has 1 aromatic carbocycles. The van der Waals surface area contributed by atoms with Crippen molar-refractivity contribution in [2.24, 2.45) is 0 Å². The number of likely N-dealkylation sites (tertiary alicyclic amines) is 1. The molecular formula is C16H24N2O3. The van der Waals surface area contributed by atoms with E-state index in [1.165, 1.54) is 0 Å². The molecule has 1 unspecified atom stereocenters. The van der Waals surface area contributed by atoms with Crippen LogP contribution in [0.15, 0.2) is 18.2 Å². The van der Waals surface area contributed by atoms with Gasteiger partial charge in [0.1, 0.15) is 6.10 Å². The van der Waals surface area contributed by atoms with Crippen LogP contribution in [0.3, 0.4) is 0 Å². The van der Waals surface area contributed by atoms with Crippen LogP contribution in [-0.4, -0.2) is 57.6 Å². The highest BCUT2D eigenvalue weighted by atomic mass is 16.5. The number of likely N-dealkylation sites (N-methyl/N-ethyl adjacent to an activating group) is 2. The molecule has 1 heterocycles. The van der Waals surface area contributed by atoms with Crippen molar-refractivity contribution in [2.45, 2.75) is 18.9 Å². The molecule has 0 amide bonds. The highest BCUT2D eigenvalue weighted by molar-refractivity contribution is 6.00. The van der Waals surface area contributed by atoms with Crippen molar-refractivity contribution < 1.29 is 14.3 Å². The quantitative estimate of drug-likeness (QED) is 0.807. The molecule has 0 saturated carbocycles. The largest absolute Gasteiger partial charge is 0.492 e. The van der Waals surface area contributed by atoms with E-state index in [1.807, 2.05) is 12.1 Å². The molecule has 1 aromatic rings. The predicted molar refractivity (Wildman–Crippen MR) is 82.4 cm³/mol. The van der Waals surface area contributed by atoms with Crippen LogP contribution in [0.2, 0.25) is 0 Å². The highest BCUT2D eigenvalue weighted by Gasteiger charge is 2.22. The van der Waals surface area contributed by atoms with Gasteiger partial charge in [0.15, 0.2) is 17.3 Å². The fourth-order valence-electron chi connectivity index (χ4n) is 2.69. The van der Waals surface area contributed by atoms with Gasteiger partial charge in [0.2, 0.25) is 0 Å². The van der Waals surface area contributed by atoms with E-state index in [9.17, 15) is 4.79 Å². The Morgan fingerprint density at radius 1 is 1.48 bits per heavy atom. The number of ketones is 1. The summed E-state index contributed by atoms with van der Waals surface area (Å²) in [5.74, 6) is 1.19. The molecule has 0 bridgehead atoms. The number of rotatable bonds is 6. The predicted octanol–water partition coefficient (Wildman–Crippen LogP) is 1.57. The van der Waals surface area contributed by atoms with E-state index < -0.39 is 0 Å². The maximum Gasteiger partial charge on any atom is 0.180 e. The summed E-state index contributed by atoms with van der Waals surface area (Å²) in [7, 11) is 5.42. The smallest absolute Gasteiger partial charge is 0.180 e. The number of carbonyl (C=O) groups is 1. The third-order valence-electron chi connectivity index (χ3n) is 3.70. The topological polar surface area (TPSA) is 50.8 Å². The minimum absolute atomic E-state index is 0.000521. The van der Waals surface area contributed by atoms with Crippen LogP contribution in [0.25, 0.3) is 0 Å². The van der Waals surface area contributed by atoms with Crippen molar-refractivity contribution in [3.8, 4) is 11.5 Å². The number of Topliss-reactive ketones (excluding diaryl/α,β-unsaturated/α-hetero) is 1. The molecule has 0 aromatic heterocycles. The lowest BCUT2D eigenvalue weighted by molar-refractivity contribution is 0.0966. The number of para-hydroxylation sites is 1. The zero-order chi connectivity index (χ0) is 15.2. The molecule has 116 valence electrons. The van der Waals surface area contributed by atoms with E-state index in [4.69, 9.17) is 9.47 Å². The van der Waals surface area contributed by atoms with E-state index in [1.54, 1.807) is 20.2 Å². The van der Waals surface area contributed by atoms with Gasteiger partial charge in [-0.25, -0.2) is 0 Å². The van der Waals surface area contributed by atoms with Crippen molar-refractivity contribution in [1.82, 2.24) is 10.2 Å². The number of hydrogen-bond donors (Lipinski definition) is 1. The molecule has 1 atom stereocenters. The lowest BCUT2D eigenvalue weighted by atomic mass is 10.1. The number of piperidine rings is 1. The van der Waals surface area contributed by atoms with Gasteiger partial charge in [-0.3, -0.25) is 4.79 Å². The Morgan fingerprint density at radius 2 is 2.29 bits per heavy atom. The van der Waals surface area contributed by atoms with Gasteiger partial charge in [-0.15, -0.1) is 0 Å². The Kier molecular flexibility index (Phi) is 5.59. The first-order valence-electron chi connectivity index (χ1n) is 7.35. The van der Waals surface area contributed by atoms with E-state index in [0.717, 1.165) is 25.9 Å². The SMILES string of the molecule is CNCC(=O)c1cccc(OC2CCCN(C)C2)c1OC. The summed E-state index contributed by atoms with van der Waals surface area (Å²) in [6, 6.07) is 5.48. The molecule has 1 aliphatic heterocycles. The van der Waals surface area contributed by atoms with E-state index in [0.29, 0.717) is 17.1 Å². The Hall–Kier alpha value is -1.59. The minimum atomic E-state index is 0.000521. The molecule has 1 saturated heterocycles. The van der Waals surface area contributed by atoms with E-state index in [2.05, 4.69) is 17.3 Å². The maximum atomic E-state index is 12.1. The summed E-state index contributed by atoms with van der Waals surface area (Å²) >= 11 is 0. The molecule has 0 aliphatic carbocycles. The Balaban J connectivity index is 2.18. The zero-order valence-corrected chi connectivity index (χ0v) is 13.0. The fourth-order valence-corrected chi connectivity index (χ4v) is 2.69. The molecule has 1 N–H and O–H groups in total. The molecular weight excluding hydrogens is 268 g/mol. The van der Waals surface area contributed by atoms with Gasteiger partial charge in [0.05, 0.1) is 19.2 Å². The van der Waals surface area contributed by atoms with Gasteiger partial charge in [-0.1, -0.05) is 6.07 Å². The number of methoxy groups -OCH3 is 1. The van der Waals surface area contributed by atoms with Gasteiger partial charge in [-0.2, -0.15) is 0 Å². The van der Waals surface area contributed by atoms with Crippen LogP contribution in [0.1, 0.15) is 23.2 Å². The summed E-state index contributed by atoms with van der Waals surface area (Å²) in [6.07, 6.45) is 2.30. The summed E-state index contributed by atoms with van der Waals surface area (Å²) in [4.78, 5) is 14.4. The maximum absolute atomic E-state index is 12.1. The van der Waals surface area contributed by atoms with Crippen molar-refractivity contribution in [2.75, 3.05) is 40.8 Å². The number of hydrogen-bond acceptors (Lipinski definition) is 5. The second-order valence-corrected chi connectivity index (χ2v) is 5.43. The lowest BCUT2D eigenvalue weighted by Crippen LogP contribution is -2.38. The summed E-state index contributed by atoms with van der Waals surface area (Å²) < 4.78 is 11.5. The van der Waals surface area contributed by atoms with Crippen LogP contribution in [0.5, 0.6) is 11.5 Å². The third kappa shape index (κ3) is 3.95. The number of carbonyl (C=O) groups excluding carboxylic acids is 1. The van der Waals surface area contributed by atoms with Crippen molar-refractivity contribution in [3.63, 3.8) is 0 Å². The Morgan fingerprint density at radius 3 is 2.95 bits per heavy atom. The first-order chi connectivity index (χ1) is 10.2. The van der Waals surface area contributed by atoms with Gasteiger partial charge >= 0.3 is 0 Å². The number of nitrogens with zero attached hydrogens (tertiary/aromatic N) is 1. The summed E-state index contributed by atoms with van der Waals surface area (Å²) in [5.41, 5.74) is 0.563. The molecule has 1 fully saturated rings. The fraction of sp³-hybridized carbons (Fsp3) is 0.562. The van der Waals surface area contributed by atoms with Gasteiger partial charge in [0, 0.05) is 6.54 Å². The second kappa shape index (κ2) is 7.43. The van der Waals surface area contributed by atoms with E-state index in [-0.39, 0.29) is 18.4 Å². The zero-order valence-electron chi connectivity index (χ0n) is 13.0. The highest BCUT2D eigenvalue weighted by Crippen LogP contribution is 2.33. The minimum Gasteiger partial charge on any atom is -0.492 e. The van der Waals surface area contributed by atoms with Crippen LogP contribution in [0, 0.1) is 0 Å². The molecule has 21 heavy (non-hydrogen) atoms. The van der Waals surface area contributed by atoms with Crippen LogP contribution < -0.4 is 14.8 Å². The van der Waals surface area contributed by atoms with Crippen molar-refractivity contribution in [1.29, 1.82) is 0 Å². The molecule has 0 radical (unpaired) electrons. The number of ether oxygens (including phenoxy) is 2. The van der Waals surface area contributed by atoms with Gasteiger partial charge < -0.3 is 19.7 Å². The number of benzene rings is 1. The average Bonchev–Trinajstić information content (AvgIpc) is 2.47. The molecule has 0 spiro atoms. The molecule has 5 nitrogen and oxygen atoms in total. The van der Waals surface area contributed by atoms with Crippen LogP contribution in [0.4, 0.5) is 0 Å². The van der Waals surface area contributed by atoms with Gasteiger partial charge in [0.25, 0.3) is 0 Å². The summed E-state index contributed by atoms with van der Waals surface area (Å²) in [5, 5.41) is 2.87. The molecule has 5 heteroatoms. The summed E-state index contributed by atoms with van der Waals surface area (Å²) in [6.45, 7) is 2.29. The van der Waals surface area contributed by atoms with E-state index >= 15 is 0 Å². The first-order valence-corrected chi connectivity index (χ1v) is 7.35. The molecule has 2 rings (SSSR count). The normalized spacial score (nSPS) is 19.3. The standard InChI is InChI=1S/C16H24N2O3/c1-17-10-14(19)13-7-4-8-15(16(13)20-3)21-12-6-5-9-18(2)11-12/h4,7-8,12,17H,5-6,9-11H2,1-3H3. The Labute approximate surface area is 126 Å². The second-order valence-electron chi connectivity index (χ2n) is 5.43. The Bertz CT molecular complexity index is 490. The van der Waals surface area contributed by atoms with Gasteiger partial charge in [-0.05, 0) is 45.6 Å². The van der Waals surface area contributed by atoms with Crippen LogP contribution in [-0.2, 0) is 0 Å².